The van der Waals surface area contributed by atoms with Crippen LogP contribution in [-0.4, -0.2) is 21.7 Å². The average molecular weight is 276 g/mol. The van der Waals surface area contributed by atoms with Gasteiger partial charge in [0.1, 0.15) is 5.82 Å². The summed E-state index contributed by atoms with van der Waals surface area (Å²) in [5.41, 5.74) is 1.35. The SMILES string of the molecule is OCCC#Cc1cc(CSc2ncc[nH]2)ccc1F. The summed E-state index contributed by atoms with van der Waals surface area (Å²) in [7, 11) is 0. The molecule has 0 aliphatic heterocycles. The topological polar surface area (TPSA) is 48.9 Å². The Morgan fingerprint density at radius 3 is 3.05 bits per heavy atom. The van der Waals surface area contributed by atoms with Gasteiger partial charge in [0, 0.05) is 24.6 Å². The van der Waals surface area contributed by atoms with E-state index in [0.717, 1.165) is 10.7 Å². The van der Waals surface area contributed by atoms with Crippen molar-refractivity contribution in [2.45, 2.75) is 17.3 Å². The molecule has 2 aromatic rings. The van der Waals surface area contributed by atoms with Crippen molar-refractivity contribution in [3.05, 3.63) is 47.5 Å². The van der Waals surface area contributed by atoms with Gasteiger partial charge in [0.2, 0.25) is 0 Å². The van der Waals surface area contributed by atoms with E-state index in [1.165, 1.54) is 6.07 Å². The quantitative estimate of drug-likeness (QED) is 0.666. The van der Waals surface area contributed by atoms with Gasteiger partial charge in [-0.2, -0.15) is 0 Å². The van der Waals surface area contributed by atoms with Crippen molar-refractivity contribution in [3.63, 3.8) is 0 Å². The Morgan fingerprint density at radius 2 is 2.32 bits per heavy atom. The van der Waals surface area contributed by atoms with E-state index in [1.807, 2.05) is 0 Å². The van der Waals surface area contributed by atoms with Crippen LogP contribution in [0.25, 0.3) is 0 Å². The molecular formula is C14H13FN2OS. The second-order valence-electron chi connectivity index (χ2n) is 3.77. The van der Waals surface area contributed by atoms with Crippen LogP contribution in [-0.2, 0) is 5.75 Å². The third kappa shape index (κ3) is 4.12. The van der Waals surface area contributed by atoms with Gasteiger partial charge in [0.05, 0.1) is 12.2 Å². The highest BCUT2D eigenvalue weighted by atomic mass is 32.2. The molecule has 0 spiro atoms. The van der Waals surface area contributed by atoms with Crippen LogP contribution >= 0.6 is 11.8 Å². The fourth-order valence-electron chi connectivity index (χ4n) is 1.45. The van der Waals surface area contributed by atoms with Gasteiger partial charge in [-0.15, -0.1) is 0 Å². The van der Waals surface area contributed by atoms with Gasteiger partial charge in [-0.1, -0.05) is 29.7 Å². The van der Waals surface area contributed by atoms with Gasteiger partial charge in [-0.05, 0) is 17.7 Å². The summed E-state index contributed by atoms with van der Waals surface area (Å²) in [6.07, 6.45) is 3.81. The number of aromatic nitrogens is 2. The highest BCUT2D eigenvalue weighted by molar-refractivity contribution is 7.98. The van der Waals surface area contributed by atoms with E-state index in [1.54, 1.807) is 36.3 Å². The number of aromatic amines is 1. The second kappa shape index (κ2) is 6.98. The number of nitrogens with one attached hydrogen (secondary N) is 1. The minimum atomic E-state index is -0.336. The van der Waals surface area contributed by atoms with Crippen molar-refractivity contribution in [1.29, 1.82) is 0 Å². The molecule has 0 amide bonds. The van der Waals surface area contributed by atoms with Crippen LogP contribution in [0, 0.1) is 17.7 Å². The van der Waals surface area contributed by atoms with Crippen molar-refractivity contribution in [2.75, 3.05) is 6.61 Å². The number of aliphatic hydroxyl groups excluding tert-OH is 1. The van der Waals surface area contributed by atoms with Crippen molar-refractivity contribution >= 4 is 11.8 Å². The van der Waals surface area contributed by atoms with Gasteiger partial charge in [0.15, 0.2) is 5.16 Å². The lowest BCUT2D eigenvalue weighted by Crippen LogP contribution is -1.89. The Morgan fingerprint density at radius 1 is 1.42 bits per heavy atom. The Bertz CT molecular complexity index is 587. The van der Waals surface area contributed by atoms with Crippen molar-refractivity contribution in [3.8, 4) is 11.8 Å². The monoisotopic (exact) mass is 276 g/mol. The van der Waals surface area contributed by atoms with Crippen LogP contribution in [0.2, 0.25) is 0 Å². The smallest absolute Gasteiger partial charge is 0.165 e. The number of halogens is 1. The fraction of sp³-hybridized carbons (Fsp3) is 0.214. The zero-order chi connectivity index (χ0) is 13.5. The standard InChI is InChI=1S/C14H13FN2OS/c15-13-5-4-11(9-12(13)3-1-2-8-18)10-19-14-16-6-7-17-14/h4-7,9,18H,2,8,10H2,(H,16,17). The normalized spacial score (nSPS) is 10.0. The molecule has 0 saturated heterocycles. The maximum atomic E-state index is 13.5. The van der Waals surface area contributed by atoms with Crippen molar-refractivity contribution in [2.24, 2.45) is 0 Å². The summed E-state index contributed by atoms with van der Waals surface area (Å²) in [5.74, 6) is 5.81. The van der Waals surface area contributed by atoms with E-state index in [9.17, 15) is 4.39 Å². The predicted molar refractivity (Wildman–Crippen MR) is 73.1 cm³/mol. The van der Waals surface area contributed by atoms with Crippen LogP contribution in [0.1, 0.15) is 17.5 Å². The third-order valence-electron chi connectivity index (χ3n) is 2.34. The molecule has 3 nitrogen and oxygen atoms in total. The van der Waals surface area contributed by atoms with Crippen LogP contribution in [0.3, 0.4) is 0 Å². The number of nitrogens with zero attached hydrogens (tertiary/aromatic N) is 1. The minimum absolute atomic E-state index is 0.0113. The Hall–Kier alpha value is -1.77. The molecule has 0 radical (unpaired) electrons. The van der Waals surface area contributed by atoms with Crippen molar-refractivity contribution in [1.82, 2.24) is 9.97 Å². The van der Waals surface area contributed by atoms with Crippen LogP contribution < -0.4 is 0 Å². The van der Waals surface area contributed by atoms with E-state index in [0.29, 0.717) is 17.7 Å². The minimum Gasteiger partial charge on any atom is -0.395 e. The molecular weight excluding hydrogens is 263 g/mol. The molecule has 2 N–H and O–H groups in total. The summed E-state index contributed by atoms with van der Waals surface area (Å²) in [6, 6.07) is 4.89. The van der Waals surface area contributed by atoms with Gasteiger partial charge in [0.25, 0.3) is 0 Å². The lowest BCUT2D eigenvalue weighted by atomic mass is 10.1. The third-order valence-corrected chi connectivity index (χ3v) is 3.31. The first-order valence-corrected chi connectivity index (χ1v) is 6.78. The molecule has 1 aromatic heterocycles. The Kier molecular flexibility index (Phi) is 5.01. The summed E-state index contributed by atoms with van der Waals surface area (Å²) in [4.78, 5) is 7.11. The second-order valence-corrected chi connectivity index (χ2v) is 4.74. The van der Waals surface area contributed by atoms with E-state index >= 15 is 0 Å². The highest BCUT2D eigenvalue weighted by Crippen LogP contribution is 2.20. The summed E-state index contributed by atoms with van der Waals surface area (Å²) >= 11 is 1.55. The molecule has 1 heterocycles. The van der Waals surface area contributed by atoms with E-state index in [2.05, 4.69) is 21.8 Å². The molecule has 5 heteroatoms. The van der Waals surface area contributed by atoms with Crippen LogP contribution in [0.5, 0.6) is 0 Å². The van der Waals surface area contributed by atoms with Crippen LogP contribution in [0.4, 0.5) is 4.39 Å². The molecule has 1 aromatic carbocycles. The summed E-state index contributed by atoms with van der Waals surface area (Å²) in [6.45, 7) is -0.0113. The number of imidazole rings is 1. The van der Waals surface area contributed by atoms with Gasteiger partial charge in [-0.25, -0.2) is 9.37 Å². The predicted octanol–water partition coefficient (Wildman–Crippen LogP) is 2.58. The number of benzene rings is 1. The molecule has 0 atom stereocenters. The molecule has 0 bridgehead atoms. The first kappa shape index (κ1) is 13.7. The van der Waals surface area contributed by atoms with Gasteiger partial charge >= 0.3 is 0 Å². The molecule has 19 heavy (non-hydrogen) atoms. The molecule has 0 fully saturated rings. The molecule has 0 aliphatic rings. The number of aliphatic hydroxyl groups is 1. The average Bonchev–Trinajstić information content (AvgIpc) is 2.93. The Balaban J connectivity index is 2.06. The van der Waals surface area contributed by atoms with Crippen molar-refractivity contribution < 1.29 is 9.50 Å². The number of H-pyrrole nitrogens is 1. The van der Waals surface area contributed by atoms with Gasteiger partial charge < -0.3 is 10.1 Å². The van der Waals surface area contributed by atoms with E-state index < -0.39 is 0 Å². The Labute approximate surface area is 115 Å². The zero-order valence-electron chi connectivity index (χ0n) is 10.2. The summed E-state index contributed by atoms with van der Waals surface area (Å²) in [5, 5.41) is 9.48. The lowest BCUT2D eigenvalue weighted by Gasteiger charge is -2.01. The van der Waals surface area contributed by atoms with Crippen LogP contribution in [0.15, 0.2) is 35.7 Å². The molecule has 98 valence electrons. The highest BCUT2D eigenvalue weighted by Gasteiger charge is 2.03. The maximum Gasteiger partial charge on any atom is 0.165 e. The number of hydrogen-bond donors (Lipinski definition) is 2. The first-order chi connectivity index (χ1) is 9.29. The number of rotatable bonds is 4. The number of thioether (sulfide) groups is 1. The zero-order valence-corrected chi connectivity index (χ0v) is 11.0. The van der Waals surface area contributed by atoms with Gasteiger partial charge in [-0.3, -0.25) is 0 Å². The maximum absolute atomic E-state index is 13.5. The van der Waals surface area contributed by atoms with E-state index in [4.69, 9.17) is 5.11 Å². The first-order valence-electron chi connectivity index (χ1n) is 5.80. The number of hydrogen-bond acceptors (Lipinski definition) is 3. The largest absolute Gasteiger partial charge is 0.395 e. The fourth-order valence-corrected chi connectivity index (χ4v) is 2.22. The summed E-state index contributed by atoms with van der Waals surface area (Å²) < 4.78 is 13.5. The molecule has 0 unspecified atom stereocenters. The molecule has 0 saturated carbocycles. The molecule has 2 rings (SSSR count). The lowest BCUT2D eigenvalue weighted by molar-refractivity contribution is 0.305. The molecule has 0 aliphatic carbocycles. The van der Waals surface area contributed by atoms with E-state index in [-0.39, 0.29) is 12.4 Å².